The summed E-state index contributed by atoms with van der Waals surface area (Å²) >= 11 is 0. The molecule has 3 rings (SSSR count). The Kier molecular flexibility index (Phi) is 2.71. The van der Waals surface area contributed by atoms with Gasteiger partial charge in [0.1, 0.15) is 22.6 Å². The van der Waals surface area contributed by atoms with Gasteiger partial charge in [-0.2, -0.15) is 0 Å². The predicted octanol–water partition coefficient (Wildman–Crippen LogP) is 3.18. The number of hydrogen-bond donors (Lipinski definition) is 2. The van der Waals surface area contributed by atoms with Crippen molar-refractivity contribution in [3.05, 3.63) is 58.4 Å². The second kappa shape index (κ2) is 4.42. The number of benzene rings is 2. The molecule has 1 heterocycles. The highest BCUT2D eigenvalue weighted by molar-refractivity contribution is 5.90. The van der Waals surface area contributed by atoms with Gasteiger partial charge in [0.2, 0.25) is 0 Å². The fourth-order valence-corrected chi connectivity index (χ4v) is 2.17. The molecule has 0 fully saturated rings. The maximum absolute atomic E-state index is 12.1. The van der Waals surface area contributed by atoms with Crippen molar-refractivity contribution in [1.82, 2.24) is 0 Å². The summed E-state index contributed by atoms with van der Waals surface area (Å²) in [6.45, 7) is 1.88. The van der Waals surface area contributed by atoms with Crippen LogP contribution in [0.5, 0.6) is 11.5 Å². The lowest BCUT2D eigenvalue weighted by atomic mass is 10.0. The Morgan fingerprint density at radius 1 is 1.00 bits per heavy atom. The first-order valence-corrected chi connectivity index (χ1v) is 6.12. The molecule has 0 saturated carbocycles. The number of fused-ring (bicyclic) bond motifs is 1. The summed E-state index contributed by atoms with van der Waals surface area (Å²) in [6.07, 6.45) is 0. The molecule has 0 radical (unpaired) electrons. The smallest absolute Gasteiger partial charge is 0.347 e. The van der Waals surface area contributed by atoms with Crippen LogP contribution in [0.15, 0.2) is 51.7 Å². The van der Waals surface area contributed by atoms with Gasteiger partial charge < -0.3 is 14.6 Å². The number of phenolic OH excluding ortho intramolecular Hbond substituents is 1. The minimum atomic E-state index is -0.605. The molecule has 0 aliphatic rings. The molecule has 0 spiro atoms. The summed E-state index contributed by atoms with van der Waals surface area (Å²) in [6, 6.07) is 11.3. The molecule has 1 aromatic heterocycles. The van der Waals surface area contributed by atoms with E-state index in [9.17, 15) is 15.0 Å². The predicted molar refractivity (Wildman–Crippen MR) is 76.0 cm³/mol. The fraction of sp³-hybridized carbons (Fsp3) is 0.0625. The molecule has 0 amide bonds. The average molecular weight is 268 g/mol. The standard InChI is InChI=1S/C16H12O4/c1-9-2-7-12-13(8-9)20-16(19)14(15(12)18)10-3-5-11(17)6-4-10/h2-8,17-18H,1H3. The highest BCUT2D eigenvalue weighted by atomic mass is 16.4. The van der Waals surface area contributed by atoms with Crippen LogP contribution >= 0.6 is 0 Å². The number of aromatic hydroxyl groups is 2. The molecular weight excluding hydrogens is 256 g/mol. The largest absolute Gasteiger partial charge is 0.508 e. The Labute approximate surface area is 114 Å². The second-order valence-corrected chi connectivity index (χ2v) is 4.66. The summed E-state index contributed by atoms with van der Waals surface area (Å²) in [4.78, 5) is 12.1. The van der Waals surface area contributed by atoms with E-state index < -0.39 is 5.63 Å². The third-order valence-corrected chi connectivity index (χ3v) is 3.19. The van der Waals surface area contributed by atoms with Crippen LogP contribution in [0.25, 0.3) is 22.1 Å². The van der Waals surface area contributed by atoms with Gasteiger partial charge in [-0.15, -0.1) is 0 Å². The summed E-state index contributed by atoms with van der Waals surface area (Å²) < 4.78 is 5.26. The molecule has 20 heavy (non-hydrogen) atoms. The lowest BCUT2D eigenvalue weighted by Crippen LogP contribution is -2.03. The number of rotatable bonds is 1. The van der Waals surface area contributed by atoms with Crippen LogP contribution in [0, 0.1) is 6.92 Å². The lowest BCUT2D eigenvalue weighted by molar-refractivity contribution is 0.470. The summed E-state index contributed by atoms with van der Waals surface area (Å²) in [5, 5.41) is 20.1. The van der Waals surface area contributed by atoms with Gasteiger partial charge in [0.05, 0.1) is 5.39 Å². The van der Waals surface area contributed by atoms with Crippen LogP contribution in [-0.4, -0.2) is 10.2 Å². The van der Waals surface area contributed by atoms with E-state index in [-0.39, 0.29) is 17.1 Å². The van der Waals surface area contributed by atoms with Gasteiger partial charge in [0.15, 0.2) is 0 Å². The first-order chi connectivity index (χ1) is 9.56. The maximum Gasteiger partial charge on any atom is 0.347 e. The zero-order chi connectivity index (χ0) is 14.3. The molecule has 3 aromatic rings. The van der Waals surface area contributed by atoms with Crippen LogP contribution in [0.3, 0.4) is 0 Å². The number of hydrogen-bond acceptors (Lipinski definition) is 4. The SMILES string of the molecule is Cc1ccc2c(O)c(-c3ccc(O)cc3)c(=O)oc2c1. The molecule has 0 aliphatic heterocycles. The molecule has 0 saturated heterocycles. The fourth-order valence-electron chi connectivity index (χ4n) is 2.17. The van der Waals surface area contributed by atoms with Crippen molar-refractivity contribution in [1.29, 1.82) is 0 Å². The van der Waals surface area contributed by atoms with Crippen molar-refractivity contribution in [2.75, 3.05) is 0 Å². The maximum atomic E-state index is 12.1. The average Bonchev–Trinajstić information content (AvgIpc) is 2.40. The van der Waals surface area contributed by atoms with Gasteiger partial charge >= 0.3 is 5.63 Å². The molecule has 4 heteroatoms. The van der Waals surface area contributed by atoms with Crippen molar-refractivity contribution >= 4 is 11.0 Å². The zero-order valence-electron chi connectivity index (χ0n) is 10.8. The zero-order valence-corrected chi connectivity index (χ0v) is 10.8. The topological polar surface area (TPSA) is 70.7 Å². The molecule has 0 atom stereocenters. The Hall–Kier alpha value is -2.75. The summed E-state index contributed by atoms with van der Waals surface area (Å²) in [7, 11) is 0. The van der Waals surface area contributed by atoms with Crippen molar-refractivity contribution < 1.29 is 14.6 Å². The van der Waals surface area contributed by atoms with Crippen LogP contribution < -0.4 is 5.63 Å². The molecule has 2 aromatic carbocycles. The van der Waals surface area contributed by atoms with Gasteiger partial charge in [-0.1, -0.05) is 18.2 Å². The third-order valence-electron chi connectivity index (χ3n) is 3.19. The van der Waals surface area contributed by atoms with E-state index >= 15 is 0 Å². The van der Waals surface area contributed by atoms with E-state index in [1.807, 2.05) is 13.0 Å². The van der Waals surface area contributed by atoms with Gasteiger partial charge in [-0.3, -0.25) is 0 Å². The molecule has 100 valence electrons. The van der Waals surface area contributed by atoms with E-state index in [2.05, 4.69) is 0 Å². The van der Waals surface area contributed by atoms with Gasteiger partial charge in [-0.05, 0) is 42.3 Å². The van der Waals surface area contributed by atoms with E-state index in [0.29, 0.717) is 16.5 Å². The van der Waals surface area contributed by atoms with E-state index in [0.717, 1.165) is 5.56 Å². The van der Waals surface area contributed by atoms with E-state index in [1.165, 1.54) is 12.1 Å². The van der Waals surface area contributed by atoms with E-state index in [4.69, 9.17) is 4.42 Å². The highest BCUT2D eigenvalue weighted by Crippen LogP contribution is 2.33. The first-order valence-electron chi connectivity index (χ1n) is 6.12. The van der Waals surface area contributed by atoms with Crippen LogP contribution in [0.2, 0.25) is 0 Å². The molecule has 0 unspecified atom stereocenters. The minimum Gasteiger partial charge on any atom is -0.508 e. The van der Waals surface area contributed by atoms with Gasteiger partial charge in [0.25, 0.3) is 0 Å². The van der Waals surface area contributed by atoms with Crippen LogP contribution in [-0.2, 0) is 0 Å². The van der Waals surface area contributed by atoms with Gasteiger partial charge in [0, 0.05) is 0 Å². The van der Waals surface area contributed by atoms with Crippen molar-refractivity contribution in [3.63, 3.8) is 0 Å². The normalized spacial score (nSPS) is 10.8. The van der Waals surface area contributed by atoms with Crippen molar-refractivity contribution in [3.8, 4) is 22.6 Å². The molecule has 4 nitrogen and oxygen atoms in total. The second-order valence-electron chi connectivity index (χ2n) is 4.66. The minimum absolute atomic E-state index is 0.0917. The van der Waals surface area contributed by atoms with Crippen molar-refractivity contribution in [2.24, 2.45) is 0 Å². The number of aryl methyl sites for hydroxylation is 1. The molecule has 0 aliphatic carbocycles. The first kappa shape index (κ1) is 12.3. The number of phenols is 1. The summed E-state index contributed by atoms with van der Waals surface area (Å²) in [5.41, 5.74) is 1.29. The monoisotopic (exact) mass is 268 g/mol. The quantitative estimate of drug-likeness (QED) is 0.665. The Morgan fingerprint density at radius 2 is 1.70 bits per heavy atom. The third kappa shape index (κ3) is 1.91. The Morgan fingerprint density at radius 3 is 2.40 bits per heavy atom. The summed E-state index contributed by atoms with van der Waals surface area (Å²) in [5.74, 6) is -0.0176. The Bertz CT molecular complexity index is 845. The molecule has 2 N–H and O–H groups in total. The van der Waals surface area contributed by atoms with Gasteiger partial charge in [-0.25, -0.2) is 4.79 Å². The van der Waals surface area contributed by atoms with Crippen molar-refractivity contribution in [2.45, 2.75) is 6.92 Å². The molecule has 0 bridgehead atoms. The van der Waals surface area contributed by atoms with E-state index in [1.54, 1.807) is 24.3 Å². The Balaban J connectivity index is 2.34. The van der Waals surface area contributed by atoms with Crippen LogP contribution in [0.4, 0.5) is 0 Å². The molecular formula is C16H12O4. The lowest BCUT2D eigenvalue weighted by Gasteiger charge is -2.07. The van der Waals surface area contributed by atoms with Crippen LogP contribution in [0.1, 0.15) is 5.56 Å². The highest BCUT2D eigenvalue weighted by Gasteiger charge is 2.15.